The van der Waals surface area contributed by atoms with Crippen molar-refractivity contribution < 1.29 is 14.2 Å². The fourth-order valence-corrected chi connectivity index (χ4v) is 2.62. The Balaban J connectivity index is 0.00000264. The quantitative estimate of drug-likeness (QED) is 0.438. The molecule has 7 heteroatoms. The summed E-state index contributed by atoms with van der Waals surface area (Å²) in [6.07, 6.45) is 3.61. The first-order valence-corrected chi connectivity index (χ1v) is 7.53. The van der Waals surface area contributed by atoms with E-state index in [9.17, 15) is 0 Å². The Bertz CT molecular complexity index is 506. The van der Waals surface area contributed by atoms with Gasteiger partial charge in [0.15, 0.2) is 5.96 Å². The Labute approximate surface area is 155 Å². The van der Waals surface area contributed by atoms with Gasteiger partial charge in [-0.1, -0.05) is 0 Å². The molecule has 0 radical (unpaired) electrons. The van der Waals surface area contributed by atoms with Crippen LogP contribution in [0, 0.1) is 0 Å². The fourth-order valence-electron chi connectivity index (χ4n) is 2.62. The number of aliphatic imine (C=N–C) groups is 1. The van der Waals surface area contributed by atoms with Crippen LogP contribution in [0.25, 0.3) is 0 Å². The maximum Gasteiger partial charge on any atom is 0.191 e. The van der Waals surface area contributed by atoms with Crippen molar-refractivity contribution in [3.8, 4) is 17.2 Å². The summed E-state index contributed by atoms with van der Waals surface area (Å²) in [6.45, 7) is 2.37. The van der Waals surface area contributed by atoms with Crippen LogP contribution >= 0.6 is 24.0 Å². The van der Waals surface area contributed by atoms with Gasteiger partial charge in [0.05, 0.1) is 33.4 Å². The zero-order valence-electron chi connectivity index (χ0n) is 14.0. The molecule has 0 saturated carbocycles. The number of piperidine rings is 1. The van der Waals surface area contributed by atoms with Gasteiger partial charge >= 0.3 is 0 Å². The summed E-state index contributed by atoms with van der Waals surface area (Å²) in [7, 11) is 4.85. The van der Waals surface area contributed by atoms with E-state index in [1.54, 1.807) is 21.3 Å². The molecule has 1 aliphatic rings. The van der Waals surface area contributed by atoms with Crippen LogP contribution in [-0.2, 0) is 6.54 Å². The van der Waals surface area contributed by atoms with Gasteiger partial charge in [-0.25, -0.2) is 4.99 Å². The second-order valence-corrected chi connectivity index (χ2v) is 5.23. The molecule has 0 spiro atoms. The maximum atomic E-state index is 6.10. The Kier molecular flexibility index (Phi) is 8.29. The first kappa shape index (κ1) is 19.7. The van der Waals surface area contributed by atoms with Gasteiger partial charge in [0, 0.05) is 25.2 Å². The van der Waals surface area contributed by atoms with Crippen LogP contribution in [0.15, 0.2) is 17.1 Å². The molecule has 0 amide bonds. The molecule has 2 rings (SSSR count). The van der Waals surface area contributed by atoms with Crippen molar-refractivity contribution in [2.24, 2.45) is 10.7 Å². The molecule has 1 saturated heterocycles. The smallest absolute Gasteiger partial charge is 0.191 e. The third-order valence-electron chi connectivity index (χ3n) is 3.90. The summed E-state index contributed by atoms with van der Waals surface area (Å²) < 4.78 is 16.1. The molecule has 0 atom stereocenters. The molecule has 1 aromatic rings. The summed E-state index contributed by atoms with van der Waals surface area (Å²) in [6, 6.07) is 3.65. The highest BCUT2D eigenvalue weighted by atomic mass is 127. The van der Waals surface area contributed by atoms with Gasteiger partial charge in [0.1, 0.15) is 17.2 Å². The van der Waals surface area contributed by atoms with Gasteiger partial charge in [0.25, 0.3) is 0 Å². The standard InChI is InChI=1S/C16H25N3O3.HI/c1-20-12-9-14(21-2)13(15(10-12)22-3)11-18-16(17)19-7-5-4-6-8-19;/h9-10H,4-8,11H2,1-3H3,(H2,17,18);1H. The summed E-state index contributed by atoms with van der Waals surface area (Å²) in [5, 5.41) is 0. The van der Waals surface area contributed by atoms with Crippen LogP contribution in [0.1, 0.15) is 24.8 Å². The summed E-state index contributed by atoms with van der Waals surface area (Å²) >= 11 is 0. The van der Waals surface area contributed by atoms with Crippen LogP contribution in [0.4, 0.5) is 0 Å². The number of benzene rings is 1. The highest BCUT2D eigenvalue weighted by molar-refractivity contribution is 14.0. The zero-order valence-corrected chi connectivity index (χ0v) is 16.3. The number of ether oxygens (including phenoxy) is 3. The second kappa shape index (κ2) is 9.69. The molecule has 130 valence electrons. The Morgan fingerprint density at radius 1 is 1.04 bits per heavy atom. The lowest BCUT2D eigenvalue weighted by atomic mass is 10.1. The summed E-state index contributed by atoms with van der Waals surface area (Å²) in [5.74, 6) is 2.64. The Hall–Kier alpha value is -1.38. The highest BCUT2D eigenvalue weighted by Gasteiger charge is 2.15. The first-order valence-electron chi connectivity index (χ1n) is 7.53. The molecule has 2 N–H and O–H groups in total. The van der Waals surface area contributed by atoms with E-state index >= 15 is 0 Å². The van der Waals surface area contributed by atoms with E-state index in [1.807, 2.05) is 12.1 Å². The maximum absolute atomic E-state index is 6.10. The molecule has 0 aliphatic carbocycles. The Morgan fingerprint density at radius 2 is 1.61 bits per heavy atom. The van der Waals surface area contributed by atoms with E-state index in [0.717, 1.165) is 18.7 Å². The minimum atomic E-state index is 0. The molecule has 23 heavy (non-hydrogen) atoms. The van der Waals surface area contributed by atoms with Gasteiger partial charge in [0.2, 0.25) is 0 Å². The predicted octanol–water partition coefficient (Wildman–Crippen LogP) is 2.63. The van der Waals surface area contributed by atoms with Crippen LogP contribution in [0.3, 0.4) is 0 Å². The molecule has 1 heterocycles. The van der Waals surface area contributed by atoms with Crippen molar-refractivity contribution >= 4 is 29.9 Å². The average molecular weight is 435 g/mol. The molecule has 0 unspecified atom stereocenters. The summed E-state index contributed by atoms with van der Waals surface area (Å²) in [5.41, 5.74) is 6.97. The number of rotatable bonds is 5. The Morgan fingerprint density at radius 3 is 2.09 bits per heavy atom. The zero-order chi connectivity index (χ0) is 15.9. The van der Waals surface area contributed by atoms with E-state index in [2.05, 4.69) is 9.89 Å². The van der Waals surface area contributed by atoms with E-state index in [0.29, 0.717) is 29.8 Å². The third kappa shape index (κ3) is 5.05. The van der Waals surface area contributed by atoms with E-state index in [4.69, 9.17) is 19.9 Å². The number of nitrogens with zero attached hydrogens (tertiary/aromatic N) is 2. The van der Waals surface area contributed by atoms with Gasteiger partial charge in [-0.15, -0.1) is 24.0 Å². The lowest BCUT2D eigenvalue weighted by Crippen LogP contribution is -2.40. The molecule has 1 fully saturated rings. The largest absolute Gasteiger partial charge is 0.496 e. The number of guanidine groups is 1. The number of likely N-dealkylation sites (tertiary alicyclic amines) is 1. The first-order chi connectivity index (χ1) is 10.7. The normalized spacial score (nSPS) is 14.9. The molecular formula is C16H26IN3O3. The topological polar surface area (TPSA) is 69.3 Å². The van der Waals surface area contributed by atoms with Crippen molar-refractivity contribution in [2.45, 2.75) is 25.8 Å². The van der Waals surface area contributed by atoms with Crippen LogP contribution in [0.2, 0.25) is 0 Å². The number of nitrogens with two attached hydrogens (primary N) is 1. The van der Waals surface area contributed by atoms with E-state index in [-0.39, 0.29) is 24.0 Å². The minimum Gasteiger partial charge on any atom is -0.496 e. The van der Waals surface area contributed by atoms with Crippen molar-refractivity contribution in [1.29, 1.82) is 0 Å². The average Bonchev–Trinajstić information content (AvgIpc) is 2.59. The van der Waals surface area contributed by atoms with Crippen LogP contribution in [-0.4, -0.2) is 45.3 Å². The van der Waals surface area contributed by atoms with Crippen molar-refractivity contribution in [3.63, 3.8) is 0 Å². The fraction of sp³-hybridized carbons (Fsp3) is 0.562. The minimum absolute atomic E-state index is 0. The van der Waals surface area contributed by atoms with E-state index in [1.165, 1.54) is 19.3 Å². The molecule has 0 bridgehead atoms. The molecule has 6 nitrogen and oxygen atoms in total. The van der Waals surface area contributed by atoms with Crippen molar-refractivity contribution in [3.05, 3.63) is 17.7 Å². The lowest BCUT2D eigenvalue weighted by molar-refractivity contribution is 0.337. The highest BCUT2D eigenvalue weighted by Crippen LogP contribution is 2.34. The van der Waals surface area contributed by atoms with Crippen molar-refractivity contribution in [2.75, 3.05) is 34.4 Å². The number of methoxy groups -OCH3 is 3. The SMILES string of the molecule is COc1cc(OC)c(CN=C(N)N2CCCCC2)c(OC)c1.I. The van der Waals surface area contributed by atoms with Gasteiger partial charge < -0.3 is 24.8 Å². The number of halogens is 1. The molecule has 1 aromatic carbocycles. The van der Waals surface area contributed by atoms with Crippen LogP contribution < -0.4 is 19.9 Å². The predicted molar refractivity (Wildman–Crippen MR) is 102 cm³/mol. The third-order valence-corrected chi connectivity index (χ3v) is 3.90. The lowest BCUT2D eigenvalue weighted by Gasteiger charge is -2.27. The van der Waals surface area contributed by atoms with E-state index < -0.39 is 0 Å². The summed E-state index contributed by atoms with van der Waals surface area (Å²) in [4.78, 5) is 6.64. The second-order valence-electron chi connectivity index (χ2n) is 5.23. The molecule has 1 aliphatic heterocycles. The van der Waals surface area contributed by atoms with Gasteiger partial charge in [-0.05, 0) is 19.3 Å². The monoisotopic (exact) mass is 435 g/mol. The van der Waals surface area contributed by atoms with Crippen molar-refractivity contribution in [1.82, 2.24) is 4.90 Å². The number of hydrogen-bond acceptors (Lipinski definition) is 4. The number of hydrogen-bond donors (Lipinski definition) is 1. The molecule has 0 aromatic heterocycles. The van der Waals surface area contributed by atoms with Crippen LogP contribution in [0.5, 0.6) is 17.2 Å². The van der Waals surface area contributed by atoms with Gasteiger partial charge in [-0.2, -0.15) is 0 Å². The molecular weight excluding hydrogens is 409 g/mol. The van der Waals surface area contributed by atoms with Gasteiger partial charge in [-0.3, -0.25) is 0 Å².